The van der Waals surface area contributed by atoms with Gasteiger partial charge < -0.3 is 10.1 Å². The first kappa shape index (κ1) is 20.6. The van der Waals surface area contributed by atoms with Crippen molar-refractivity contribution in [3.63, 3.8) is 0 Å². The van der Waals surface area contributed by atoms with Gasteiger partial charge in [-0.1, -0.05) is 54.2 Å². The number of hydrogen-bond donors (Lipinski definition) is 1. The van der Waals surface area contributed by atoms with Gasteiger partial charge in [-0.2, -0.15) is 0 Å². The first-order valence-electron chi connectivity index (χ1n) is 9.47. The molecular weight excluding hydrogens is 415 g/mol. The van der Waals surface area contributed by atoms with E-state index in [4.69, 9.17) is 4.74 Å². The van der Waals surface area contributed by atoms with E-state index in [1.807, 2.05) is 54.6 Å². The molecular formula is C23H19FN4O2S. The number of benzene rings is 3. The number of carbonyl (C=O) groups is 1. The van der Waals surface area contributed by atoms with Gasteiger partial charge >= 0.3 is 0 Å². The number of para-hydroxylation sites is 2. The van der Waals surface area contributed by atoms with Crippen LogP contribution in [0, 0.1) is 5.82 Å². The number of anilines is 1. The summed E-state index contributed by atoms with van der Waals surface area (Å²) in [4.78, 5) is 13.2. The monoisotopic (exact) mass is 434 g/mol. The highest BCUT2D eigenvalue weighted by molar-refractivity contribution is 8.00. The summed E-state index contributed by atoms with van der Waals surface area (Å²) >= 11 is 1.27. The molecule has 6 nitrogen and oxygen atoms in total. The van der Waals surface area contributed by atoms with Crippen LogP contribution in [-0.2, 0) is 4.79 Å². The molecule has 0 saturated heterocycles. The van der Waals surface area contributed by atoms with Crippen molar-refractivity contribution in [2.24, 2.45) is 0 Å². The first-order valence-corrected chi connectivity index (χ1v) is 10.3. The van der Waals surface area contributed by atoms with Crippen LogP contribution in [-0.4, -0.2) is 27.8 Å². The molecule has 1 unspecified atom stereocenters. The van der Waals surface area contributed by atoms with E-state index in [2.05, 4.69) is 15.5 Å². The minimum atomic E-state index is -0.607. The highest BCUT2D eigenvalue weighted by atomic mass is 32.2. The van der Waals surface area contributed by atoms with Gasteiger partial charge in [-0.25, -0.2) is 4.39 Å². The Morgan fingerprint density at radius 1 is 1.03 bits per heavy atom. The average Bonchev–Trinajstić information content (AvgIpc) is 3.27. The molecule has 8 heteroatoms. The molecule has 31 heavy (non-hydrogen) atoms. The second kappa shape index (κ2) is 9.44. The van der Waals surface area contributed by atoms with Gasteiger partial charge in [-0.15, -0.1) is 10.2 Å². The molecule has 156 valence electrons. The summed E-state index contributed by atoms with van der Waals surface area (Å²) in [5, 5.41) is 11.0. The summed E-state index contributed by atoms with van der Waals surface area (Å²) in [5.41, 5.74) is 2.09. The van der Waals surface area contributed by atoms with E-state index in [0.717, 1.165) is 11.3 Å². The predicted octanol–water partition coefficient (Wildman–Crippen LogP) is 4.89. The maximum absolute atomic E-state index is 13.2. The Balaban J connectivity index is 1.66. The molecule has 3 aromatic carbocycles. The summed E-state index contributed by atoms with van der Waals surface area (Å²) in [7, 11) is 1.60. The van der Waals surface area contributed by atoms with Crippen LogP contribution in [0.5, 0.6) is 5.75 Å². The molecule has 0 aliphatic carbocycles. The molecule has 0 fully saturated rings. The van der Waals surface area contributed by atoms with Crippen molar-refractivity contribution in [2.45, 2.75) is 10.4 Å². The SMILES string of the molecule is COc1ccccc1-n1cnnc1SC(C(=O)Nc1ccc(F)cc1)c1ccccc1. The zero-order valence-corrected chi connectivity index (χ0v) is 17.4. The number of thioether (sulfide) groups is 1. The molecule has 0 aliphatic heterocycles. The lowest BCUT2D eigenvalue weighted by molar-refractivity contribution is -0.115. The normalized spacial score (nSPS) is 11.7. The van der Waals surface area contributed by atoms with E-state index < -0.39 is 5.25 Å². The number of rotatable bonds is 7. The van der Waals surface area contributed by atoms with E-state index in [-0.39, 0.29) is 11.7 Å². The smallest absolute Gasteiger partial charge is 0.242 e. The predicted molar refractivity (Wildman–Crippen MR) is 118 cm³/mol. The van der Waals surface area contributed by atoms with Gasteiger partial charge in [0.2, 0.25) is 5.91 Å². The number of methoxy groups -OCH3 is 1. The number of hydrogen-bond acceptors (Lipinski definition) is 5. The second-order valence-corrected chi connectivity index (χ2v) is 7.63. The van der Waals surface area contributed by atoms with Crippen LogP contribution in [0.2, 0.25) is 0 Å². The van der Waals surface area contributed by atoms with Crippen molar-refractivity contribution >= 4 is 23.4 Å². The van der Waals surface area contributed by atoms with Crippen molar-refractivity contribution < 1.29 is 13.9 Å². The number of ether oxygens (including phenoxy) is 1. The standard InChI is InChI=1S/C23H19FN4O2S/c1-30-20-10-6-5-9-19(20)28-15-25-27-23(28)31-21(16-7-3-2-4-8-16)22(29)26-18-13-11-17(24)12-14-18/h2-15,21H,1H3,(H,26,29). The number of nitrogens with zero attached hydrogens (tertiary/aromatic N) is 3. The van der Waals surface area contributed by atoms with E-state index in [0.29, 0.717) is 16.6 Å². The third-order valence-electron chi connectivity index (χ3n) is 4.54. The molecule has 0 radical (unpaired) electrons. The van der Waals surface area contributed by atoms with Crippen LogP contribution in [0.15, 0.2) is 90.3 Å². The van der Waals surface area contributed by atoms with E-state index in [1.165, 1.54) is 36.0 Å². The molecule has 1 N–H and O–H groups in total. The fourth-order valence-corrected chi connectivity index (χ4v) is 4.07. The molecule has 0 saturated carbocycles. The topological polar surface area (TPSA) is 69.0 Å². The lowest BCUT2D eigenvalue weighted by Gasteiger charge is -2.17. The third kappa shape index (κ3) is 4.75. The first-order chi connectivity index (χ1) is 15.2. The van der Waals surface area contributed by atoms with Crippen molar-refractivity contribution in [1.82, 2.24) is 14.8 Å². The van der Waals surface area contributed by atoms with Gasteiger partial charge in [-0.3, -0.25) is 9.36 Å². The molecule has 0 aliphatic rings. The molecule has 1 amide bonds. The minimum Gasteiger partial charge on any atom is -0.495 e. The zero-order chi connectivity index (χ0) is 21.6. The minimum absolute atomic E-state index is 0.252. The Kier molecular flexibility index (Phi) is 6.28. The Bertz CT molecular complexity index is 1170. The number of amides is 1. The van der Waals surface area contributed by atoms with Gasteiger partial charge in [0.25, 0.3) is 0 Å². The molecule has 0 spiro atoms. The molecule has 1 atom stereocenters. The highest BCUT2D eigenvalue weighted by Gasteiger charge is 2.25. The Morgan fingerprint density at radius 3 is 2.48 bits per heavy atom. The summed E-state index contributed by atoms with van der Waals surface area (Å²) in [6, 6.07) is 22.6. The fraction of sp³-hybridized carbons (Fsp3) is 0.0870. The quantitative estimate of drug-likeness (QED) is 0.420. The maximum Gasteiger partial charge on any atom is 0.242 e. The van der Waals surface area contributed by atoms with Crippen molar-refractivity contribution in [3.8, 4) is 11.4 Å². The summed E-state index contributed by atoms with van der Waals surface area (Å²) in [5.74, 6) is 0.0467. The Hall–Kier alpha value is -3.65. The van der Waals surface area contributed by atoms with Crippen molar-refractivity contribution in [3.05, 3.63) is 96.6 Å². The van der Waals surface area contributed by atoms with Crippen LogP contribution < -0.4 is 10.1 Å². The van der Waals surface area contributed by atoms with Crippen LogP contribution in [0.1, 0.15) is 10.8 Å². The lowest BCUT2D eigenvalue weighted by atomic mass is 10.1. The maximum atomic E-state index is 13.2. The fourth-order valence-electron chi connectivity index (χ4n) is 3.05. The van der Waals surface area contributed by atoms with Crippen LogP contribution in [0.25, 0.3) is 5.69 Å². The van der Waals surface area contributed by atoms with Gasteiger partial charge in [0.1, 0.15) is 23.1 Å². The molecule has 4 rings (SSSR count). The average molecular weight is 434 g/mol. The number of carbonyl (C=O) groups excluding carboxylic acids is 1. The Morgan fingerprint density at radius 2 is 1.74 bits per heavy atom. The Labute approximate surface area is 183 Å². The van der Waals surface area contributed by atoms with Crippen molar-refractivity contribution in [2.75, 3.05) is 12.4 Å². The van der Waals surface area contributed by atoms with Crippen LogP contribution in [0.3, 0.4) is 0 Å². The highest BCUT2D eigenvalue weighted by Crippen LogP contribution is 2.37. The van der Waals surface area contributed by atoms with Gasteiger partial charge in [0.05, 0.1) is 12.8 Å². The zero-order valence-electron chi connectivity index (χ0n) is 16.6. The molecule has 1 heterocycles. The number of halogens is 1. The third-order valence-corrected chi connectivity index (χ3v) is 5.75. The summed E-state index contributed by atoms with van der Waals surface area (Å²) in [6.07, 6.45) is 1.58. The molecule has 4 aromatic rings. The van der Waals surface area contributed by atoms with E-state index in [9.17, 15) is 9.18 Å². The number of nitrogens with one attached hydrogen (secondary N) is 1. The van der Waals surface area contributed by atoms with Crippen molar-refractivity contribution in [1.29, 1.82) is 0 Å². The van der Waals surface area contributed by atoms with Gasteiger partial charge in [-0.05, 0) is 42.0 Å². The summed E-state index contributed by atoms with van der Waals surface area (Å²) in [6.45, 7) is 0. The lowest BCUT2D eigenvalue weighted by Crippen LogP contribution is -2.19. The van der Waals surface area contributed by atoms with E-state index >= 15 is 0 Å². The number of aromatic nitrogens is 3. The van der Waals surface area contributed by atoms with Gasteiger partial charge in [0.15, 0.2) is 5.16 Å². The molecule has 1 aromatic heterocycles. The van der Waals surface area contributed by atoms with Crippen LogP contribution in [0.4, 0.5) is 10.1 Å². The largest absolute Gasteiger partial charge is 0.495 e. The van der Waals surface area contributed by atoms with Gasteiger partial charge in [0, 0.05) is 5.69 Å². The molecule has 0 bridgehead atoms. The van der Waals surface area contributed by atoms with Crippen LogP contribution >= 0.6 is 11.8 Å². The summed E-state index contributed by atoms with van der Waals surface area (Å²) < 4.78 is 20.5. The van der Waals surface area contributed by atoms with E-state index in [1.54, 1.807) is 18.0 Å². The second-order valence-electron chi connectivity index (χ2n) is 6.56.